The van der Waals surface area contributed by atoms with Crippen LogP contribution in [-0.4, -0.2) is 29.1 Å². The van der Waals surface area contributed by atoms with E-state index < -0.39 is 0 Å². The summed E-state index contributed by atoms with van der Waals surface area (Å²) in [5.41, 5.74) is 3.71. The normalized spacial score (nSPS) is 13.3. The predicted molar refractivity (Wildman–Crippen MR) is 102 cm³/mol. The molecule has 0 fully saturated rings. The first kappa shape index (κ1) is 18.2. The maximum Gasteiger partial charge on any atom is 0.226 e. The molecule has 0 aliphatic carbocycles. The number of benzene rings is 2. The fourth-order valence-corrected chi connectivity index (χ4v) is 3.32. The number of amides is 1. The standard InChI is InChI=1S/C22H21FN2O3/c1-15-2-8-18(9-3-15)27-13-11-21(26)25-12-10-19-20(14-25)24-28-22(19)16-4-6-17(23)7-5-16/h2-9H,10-14H2,1H3. The molecular weight excluding hydrogens is 359 g/mol. The van der Waals surface area contributed by atoms with Crippen molar-refractivity contribution in [3.05, 3.63) is 71.2 Å². The van der Waals surface area contributed by atoms with E-state index in [0.717, 1.165) is 22.6 Å². The van der Waals surface area contributed by atoms with Crippen LogP contribution >= 0.6 is 0 Å². The van der Waals surface area contributed by atoms with E-state index in [0.29, 0.717) is 38.3 Å². The second kappa shape index (κ2) is 7.84. The Bertz CT molecular complexity index is 964. The molecule has 0 bridgehead atoms. The number of ether oxygens (including phenoxy) is 1. The lowest BCUT2D eigenvalue weighted by Crippen LogP contribution is -2.36. The van der Waals surface area contributed by atoms with Gasteiger partial charge in [0.1, 0.15) is 17.3 Å². The molecule has 1 amide bonds. The Morgan fingerprint density at radius 1 is 1.18 bits per heavy atom. The lowest BCUT2D eigenvalue weighted by molar-refractivity contribution is -0.132. The molecule has 144 valence electrons. The topological polar surface area (TPSA) is 55.6 Å². The van der Waals surface area contributed by atoms with Crippen molar-refractivity contribution in [1.82, 2.24) is 10.1 Å². The van der Waals surface area contributed by atoms with Gasteiger partial charge in [0.15, 0.2) is 5.76 Å². The molecule has 4 rings (SSSR count). The van der Waals surface area contributed by atoms with Gasteiger partial charge in [-0.2, -0.15) is 0 Å². The third-order valence-corrected chi connectivity index (χ3v) is 4.91. The predicted octanol–water partition coefficient (Wildman–Crippen LogP) is 4.14. The quantitative estimate of drug-likeness (QED) is 0.667. The van der Waals surface area contributed by atoms with Crippen molar-refractivity contribution in [3.63, 3.8) is 0 Å². The zero-order chi connectivity index (χ0) is 19.5. The second-order valence-electron chi connectivity index (χ2n) is 6.92. The Morgan fingerprint density at radius 2 is 1.93 bits per heavy atom. The number of halogens is 1. The third kappa shape index (κ3) is 3.91. The summed E-state index contributed by atoms with van der Waals surface area (Å²) in [6.45, 7) is 3.38. The monoisotopic (exact) mass is 380 g/mol. The van der Waals surface area contributed by atoms with Crippen LogP contribution in [0, 0.1) is 12.7 Å². The summed E-state index contributed by atoms with van der Waals surface area (Å²) in [7, 11) is 0. The minimum atomic E-state index is -0.290. The Kier molecular flexibility index (Phi) is 5.10. The smallest absolute Gasteiger partial charge is 0.226 e. The lowest BCUT2D eigenvalue weighted by Gasteiger charge is -2.26. The number of hydrogen-bond acceptors (Lipinski definition) is 4. The zero-order valence-corrected chi connectivity index (χ0v) is 15.7. The third-order valence-electron chi connectivity index (χ3n) is 4.91. The number of carbonyl (C=O) groups excluding carboxylic acids is 1. The molecule has 0 radical (unpaired) electrons. The summed E-state index contributed by atoms with van der Waals surface area (Å²) in [6.07, 6.45) is 0.974. The van der Waals surface area contributed by atoms with Crippen molar-refractivity contribution < 1.29 is 18.4 Å². The minimum Gasteiger partial charge on any atom is -0.493 e. The molecule has 1 aliphatic rings. The SMILES string of the molecule is Cc1ccc(OCCC(=O)N2CCc3c(noc3-c3ccc(F)cc3)C2)cc1. The lowest BCUT2D eigenvalue weighted by atomic mass is 10.0. The molecule has 0 spiro atoms. The van der Waals surface area contributed by atoms with Crippen molar-refractivity contribution in [2.45, 2.75) is 26.3 Å². The van der Waals surface area contributed by atoms with Crippen molar-refractivity contribution >= 4 is 5.91 Å². The summed E-state index contributed by atoms with van der Waals surface area (Å²) in [5.74, 6) is 1.16. The molecule has 3 aromatic rings. The Morgan fingerprint density at radius 3 is 2.68 bits per heavy atom. The van der Waals surface area contributed by atoms with E-state index in [9.17, 15) is 9.18 Å². The zero-order valence-electron chi connectivity index (χ0n) is 15.7. The van der Waals surface area contributed by atoms with Gasteiger partial charge >= 0.3 is 0 Å². The van der Waals surface area contributed by atoms with E-state index in [1.54, 1.807) is 17.0 Å². The first-order valence-electron chi connectivity index (χ1n) is 9.31. The van der Waals surface area contributed by atoms with Crippen molar-refractivity contribution in [2.24, 2.45) is 0 Å². The molecule has 1 aliphatic heterocycles. The van der Waals surface area contributed by atoms with Crippen LogP contribution in [-0.2, 0) is 17.8 Å². The molecule has 2 aromatic carbocycles. The van der Waals surface area contributed by atoms with Gasteiger partial charge in [-0.25, -0.2) is 4.39 Å². The van der Waals surface area contributed by atoms with Crippen LogP contribution in [0.4, 0.5) is 4.39 Å². The van der Waals surface area contributed by atoms with Crippen molar-refractivity contribution in [1.29, 1.82) is 0 Å². The summed E-state index contributed by atoms with van der Waals surface area (Å²) in [5, 5.41) is 4.13. The van der Waals surface area contributed by atoms with Gasteiger partial charge in [-0.3, -0.25) is 4.79 Å². The number of aryl methyl sites for hydroxylation is 1. The molecule has 28 heavy (non-hydrogen) atoms. The van der Waals surface area contributed by atoms with Crippen LogP contribution in [0.1, 0.15) is 23.2 Å². The molecule has 2 heterocycles. The molecule has 6 heteroatoms. The number of rotatable bonds is 5. The van der Waals surface area contributed by atoms with E-state index in [-0.39, 0.29) is 11.7 Å². The van der Waals surface area contributed by atoms with Crippen LogP contribution in [0.5, 0.6) is 5.75 Å². The van der Waals surface area contributed by atoms with Crippen LogP contribution in [0.15, 0.2) is 53.1 Å². The summed E-state index contributed by atoms with van der Waals surface area (Å²) >= 11 is 0. The van der Waals surface area contributed by atoms with Crippen molar-refractivity contribution in [3.8, 4) is 17.1 Å². The van der Waals surface area contributed by atoms with Gasteiger partial charge in [0, 0.05) is 17.7 Å². The number of fused-ring (bicyclic) bond motifs is 1. The molecule has 0 saturated carbocycles. The van der Waals surface area contributed by atoms with E-state index in [1.807, 2.05) is 31.2 Å². The van der Waals surface area contributed by atoms with E-state index in [1.165, 1.54) is 17.7 Å². The summed E-state index contributed by atoms with van der Waals surface area (Å²) < 4.78 is 24.3. The second-order valence-corrected chi connectivity index (χ2v) is 6.92. The highest BCUT2D eigenvalue weighted by Crippen LogP contribution is 2.30. The number of hydrogen-bond donors (Lipinski definition) is 0. The van der Waals surface area contributed by atoms with Crippen LogP contribution < -0.4 is 4.74 Å². The first-order chi connectivity index (χ1) is 13.6. The molecule has 0 atom stereocenters. The number of aromatic nitrogens is 1. The average molecular weight is 380 g/mol. The maximum absolute atomic E-state index is 13.1. The van der Waals surface area contributed by atoms with Gasteiger partial charge in [-0.05, 0) is 49.7 Å². The van der Waals surface area contributed by atoms with Crippen molar-refractivity contribution in [2.75, 3.05) is 13.2 Å². The molecular formula is C22H21FN2O3. The molecule has 5 nitrogen and oxygen atoms in total. The molecule has 0 unspecified atom stereocenters. The van der Waals surface area contributed by atoms with Gasteiger partial charge in [0.25, 0.3) is 0 Å². The largest absolute Gasteiger partial charge is 0.493 e. The Balaban J connectivity index is 1.35. The summed E-state index contributed by atoms with van der Waals surface area (Å²) in [4.78, 5) is 14.3. The molecule has 1 aromatic heterocycles. The maximum atomic E-state index is 13.1. The number of nitrogens with zero attached hydrogens (tertiary/aromatic N) is 2. The number of carbonyl (C=O) groups is 1. The Labute approximate surface area is 162 Å². The van der Waals surface area contributed by atoms with E-state index >= 15 is 0 Å². The highest BCUT2D eigenvalue weighted by Gasteiger charge is 2.27. The Hall–Kier alpha value is -3.15. The fraction of sp³-hybridized carbons (Fsp3) is 0.273. The first-order valence-corrected chi connectivity index (χ1v) is 9.31. The minimum absolute atomic E-state index is 0.0316. The van der Waals surface area contributed by atoms with Gasteiger partial charge in [-0.1, -0.05) is 22.9 Å². The van der Waals surface area contributed by atoms with Gasteiger partial charge in [-0.15, -0.1) is 0 Å². The van der Waals surface area contributed by atoms with Crippen LogP contribution in [0.25, 0.3) is 11.3 Å². The highest BCUT2D eigenvalue weighted by atomic mass is 19.1. The van der Waals surface area contributed by atoms with Gasteiger partial charge in [0.05, 0.1) is 19.6 Å². The van der Waals surface area contributed by atoms with E-state index in [2.05, 4.69) is 5.16 Å². The summed E-state index contributed by atoms with van der Waals surface area (Å²) in [6, 6.07) is 13.9. The van der Waals surface area contributed by atoms with Crippen LogP contribution in [0.3, 0.4) is 0 Å². The average Bonchev–Trinajstić information content (AvgIpc) is 3.13. The van der Waals surface area contributed by atoms with Crippen LogP contribution in [0.2, 0.25) is 0 Å². The van der Waals surface area contributed by atoms with Gasteiger partial charge < -0.3 is 14.2 Å². The molecule has 0 saturated heterocycles. The van der Waals surface area contributed by atoms with E-state index in [4.69, 9.17) is 9.26 Å². The molecule has 0 N–H and O–H groups in total. The highest BCUT2D eigenvalue weighted by molar-refractivity contribution is 5.77. The fourth-order valence-electron chi connectivity index (χ4n) is 3.32. The van der Waals surface area contributed by atoms with Gasteiger partial charge in [0.2, 0.25) is 5.91 Å².